The topological polar surface area (TPSA) is 66.5 Å². The number of ketones is 2. The van der Waals surface area contributed by atoms with Gasteiger partial charge in [-0.2, -0.15) is 0 Å². The molecule has 4 atom stereocenters. The number of nitrogens with zero attached hydrogens (tertiary/aromatic N) is 1. The zero-order chi connectivity index (χ0) is 29.3. The first-order valence-electron chi connectivity index (χ1n) is 14.1. The fraction of sp³-hybridized carbons (Fsp3) is 0.194. The van der Waals surface area contributed by atoms with Crippen molar-refractivity contribution in [3.05, 3.63) is 135 Å². The molecule has 42 heavy (non-hydrogen) atoms. The maximum atomic E-state index is 14.8. The number of carbonyl (C=O) groups is 3. The van der Waals surface area contributed by atoms with Crippen molar-refractivity contribution >= 4 is 46.0 Å². The fourth-order valence-corrected chi connectivity index (χ4v) is 7.35. The summed E-state index contributed by atoms with van der Waals surface area (Å²) in [4.78, 5) is 46.1. The van der Waals surface area contributed by atoms with Crippen LogP contribution in [0.25, 0.3) is 5.57 Å². The molecular formula is C36H29ClN2O3. The molecule has 1 spiro atoms. The number of para-hydroxylation sites is 1. The van der Waals surface area contributed by atoms with Crippen LogP contribution in [0, 0.1) is 19.8 Å². The minimum Gasteiger partial charge on any atom is -0.352 e. The average Bonchev–Trinajstić information content (AvgIpc) is 3.45. The summed E-state index contributed by atoms with van der Waals surface area (Å²) in [5.74, 6) is -1.75. The predicted octanol–water partition coefficient (Wildman–Crippen LogP) is 7.20. The lowest BCUT2D eigenvalue weighted by Crippen LogP contribution is -2.51. The van der Waals surface area contributed by atoms with E-state index in [1.165, 1.54) is 0 Å². The molecule has 0 radical (unpaired) electrons. The standard InChI is InChI=1S/C36H29ClN2O3/c1-20-8-11-24(12-9-20)34(41)32-31(33(40)23-13-15-25(37)16-14-23)36(27-6-4-5-7-28(27)38-35(36)42)30-19-22(3)26-18-21(2)10-17-29(26)39(30)32/h4-19,30-32H,1-3H3,(H,38,42)/t30-,31-,32-,36-/m0/s1. The summed E-state index contributed by atoms with van der Waals surface area (Å²) < 4.78 is 0. The molecule has 3 aliphatic heterocycles. The molecule has 0 unspecified atom stereocenters. The van der Waals surface area contributed by atoms with Gasteiger partial charge in [0, 0.05) is 33.1 Å². The van der Waals surface area contributed by atoms with Gasteiger partial charge in [-0.3, -0.25) is 14.4 Å². The van der Waals surface area contributed by atoms with Crippen molar-refractivity contribution in [2.45, 2.75) is 38.3 Å². The maximum absolute atomic E-state index is 14.8. The molecule has 0 saturated carbocycles. The SMILES string of the molecule is CC1=C[C@@H]2N(c3ccc(C)cc31)[C@H](C(=O)c1ccc(C)cc1)[C@@H](C(=O)c1ccc(Cl)cc1)[C@@]21C(=O)Nc2ccccc21. The van der Waals surface area contributed by atoms with Crippen molar-refractivity contribution in [3.8, 4) is 0 Å². The lowest BCUT2D eigenvalue weighted by atomic mass is 9.64. The molecule has 4 aromatic carbocycles. The molecular weight excluding hydrogens is 544 g/mol. The molecule has 3 aliphatic rings. The number of carbonyl (C=O) groups excluding carboxylic acids is 3. The number of anilines is 2. The normalized spacial score (nSPS) is 23.6. The van der Waals surface area contributed by atoms with Crippen molar-refractivity contribution in [2.24, 2.45) is 5.92 Å². The Labute approximate surface area is 249 Å². The van der Waals surface area contributed by atoms with Gasteiger partial charge >= 0.3 is 0 Å². The van der Waals surface area contributed by atoms with Gasteiger partial charge in [0.05, 0.1) is 12.0 Å². The number of halogens is 1. The predicted molar refractivity (Wildman–Crippen MR) is 166 cm³/mol. The van der Waals surface area contributed by atoms with Crippen LogP contribution in [0.3, 0.4) is 0 Å². The highest BCUT2D eigenvalue weighted by molar-refractivity contribution is 6.30. The second-order valence-corrected chi connectivity index (χ2v) is 12.1. The Morgan fingerprint density at radius 1 is 0.810 bits per heavy atom. The number of allylic oxidation sites excluding steroid dienone is 1. The lowest BCUT2D eigenvalue weighted by molar-refractivity contribution is -0.121. The Morgan fingerprint density at radius 2 is 1.45 bits per heavy atom. The van der Waals surface area contributed by atoms with E-state index < -0.39 is 23.4 Å². The Bertz CT molecular complexity index is 1830. The molecule has 1 amide bonds. The van der Waals surface area contributed by atoms with E-state index in [0.717, 1.165) is 33.5 Å². The molecule has 3 heterocycles. The first-order chi connectivity index (χ1) is 20.2. The minimum atomic E-state index is -1.35. The van der Waals surface area contributed by atoms with Crippen molar-refractivity contribution < 1.29 is 14.4 Å². The first kappa shape index (κ1) is 26.4. The molecule has 208 valence electrons. The molecule has 6 heteroatoms. The maximum Gasteiger partial charge on any atom is 0.238 e. The number of Topliss-reactive ketones (excluding diaryl/α,β-unsaturated/α-hetero) is 2. The summed E-state index contributed by atoms with van der Waals surface area (Å²) in [5.41, 5.74) is 5.94. The van der Waals surface area contributed by atoms with Crippen LogP contribution in [-0.4, -0.2) is 29.6 Å². The first-order valence-corrected chi connectivity index (χ1v) is 14.5. The third kappa shape index (κ3) is 3.66. The van der Waals surface area contributed by atoms with E-state index in [1.54, 1.807) is 24.3 Å². The molecule has 1 N–H and O–H groups in total. The van der Waals surface area contributed by atoms with Crippen LogP contribution in [0.1, 0.15) is 49.9 Å². The van der Waals surface area contributed by atoms with E-state index in [0.29, 0.717) is 21.8 Å². The summed E-state index contributed by atoms with van der Waals surface area (Å²) in [6, 6.07) is 26.3. The van der Waals surface area contributed by atoms with Crippen LogP contribution in [0.15, 0.2) is 97.1 Å². The average molecular weight is 573 g/mol. The van der Waals surface area contributed by atoms with Gasteiger partial charge in [-0.25, -0.2) is 0 Å². The van der Waals surface area contributed by atoms with Crippen LogP contribution >= 0.6 is 11.6 Å². The summed E-state index contributed by atoms with van der Waals surface area (Å²) >= 11 is 6.20. The molecule has 4 aromatic rings. The number of amides is 1. The summed E-state index contributed by atoms with van der Waals surface area (Å²) in [5, 5.41) is 3.59. The van der Waals surface area contributed by atoms with Crippen molar-refractivity contribution in [3.63, 3.8) is 0 Å². The number of nitrogens with one attached hydrogen (secondary N) is 1. The Kier molecular flexibility index (Phi) is 6.00. The van der Waals surface area contributed by atoms with E-state index in [2.05, 4.69) is 17.5 Å². The van der Waals surface area contributed by atoms with Gasteiger partial charge in [0.2, 0.25) is 5.91 Å². The smallest absolute Gasteiger partial charge is 0.238 e. The number of benzene rings is 4. The van der Waals surface area contributed by atoms with Crippen molar-refractivity contribution in [1.29, 1.82) is 0 Å². The summed E-state index contributed by atoms with van der Waals surface area (Å²) in [6.07, 6.45) is 2.08. The van der Waals surface area contributed by atoms with Crippen LogP contribution in [0.4, 0.5) is 11.4 Å². The van der Waals surface area contributed by atoms with Gasteiger partial charge in [-0.15, -0.1) is 0 Å². The van der Waals surface area contributed by atoms with Gasteiger partial charge in [0.1, 0.15) is 11.5 Å². The fourth-order valence-electron chi connectivity index (χ4n) is 7.23. The summed E-state index contributed by atoms with van der Waals surface area (Å²) in [7, 11) is 0. The lowest BCUT2D eigenvalue weighted by Gasteiger charge is -2.39. The number of aryl methyl sites for hydroxylation is 2. The zero-order valence-corrected chi connectivity index (χ0v) is 24.3. The largest absolute Gasteiger partial charge is 0.352 e. The minimum absolute atomic E-state index is 0.194. The van der Waals surface area contributed by atoms with E-state index in [9.17, 15) is 14.4 Å². The van der Waals surface area contributed by atoms with Crippen LogP contribution in [-0.2, 0) is 10.2 Å². The highest BCUT2D eigenvalue weighted by Gasteiger charge is 2.70. The molecule has 7 rings (SSSR count). The quantitative estimate of drug-likeness (QED) is 0.263. The van der Waals surface area contributed by atoms with Crippen molar-refractivity contribution in [2.75, 3.05) is 10.2 Å². The van der Waals surface area contributed by atoms with E-state index in [1.807, 2.05) is 86.3 Å². The van der Waals surface area contributed by atoms with Crippen LogP contribution in [0.5, 0.6) is 0 Å². The third-order valence-corrected chi connectivity index (χ3v) is 9.40. The zero-order valence-electron chi connectivity index (χ0n) is 23.5. The number of hydrogen-bond donors (Lipinski definition) is 1. The summed E-state index contributed by atoms with van der Waals surface area (Å²) in [6.45, 7) is 6.04. The molecule has 0 bridgehead atoms. The van der Waals surface area contributed by atoms with Gasteiger partial charge in [0.25, 0.3) is 0 Å². The van der Waals surface area contributed by atoms with E-state index in [4.69, 9.17) is 11.6 Å². The monoisotopic (exact) mass is 572 g/mol. The van der Waals surface area contributed by atoms with Crippen LogP contribution in [0.2, 0.25) is 5.02 Å². The second-order valence-electron chi connectivity index (χ2n) is 11.6. The third-order valence-electron chi connectivity index (χ3n) is 9.15. The highest BCUT2D eigenvalue weighted by atomic mass is 35.5. The Balaban J connectivity index is 1.55. The van der Waals surface area contributed by atoms with Crippen LogP contribution < -0.4 is 10.2 Å². The number of rotatable bonds is 4. The Hall–Kier alpha value is -4.48. The van der Waals surface area contributed by atoms with Gasteiger partial charge in [0.15, 0.2) is 11.6 Å². The molecule has 0 aliphatic carbocycles. The number of hydrogen-bond acceptors (Lipinski definition) is 4. The highest BCUT2D eigenvalue weighted by Crippen LogP contribution is 2.59. The molecule has 5 nitrogen and oxygen atoms in total. The van der Waals surface area contributed by atoms with Gasteiger partial charge in [-0.05, 0) is 74.4 Å². The molecule has 1 fully saturated rings. The second kappa shape index (κ2) is 9.53. The van der Waals surface area contributed by atoms with Crippen molar-refractivity contribution in [1.82, 2.24) is 0 Å². The van der Waals surface area contributed by atoms with Gasteiger partial charge in [-0.1, -0.05) is 77.3 Å². The number of fused-ring (bicyclic) bond motifs is 6. The van der Waals surface area contributed by atoms with Gasteiger partial charge < -0.3 is 10.2 Å². The molecule has 1 saturated heterocycles. The molecule has 0 aromatic heterocycles. The Morgan fingerprint density at radius 3 is 2.19 bits per heavy atom. The van der Waals surface area contributed by atoms with E-state index in [-0.39, 0.29) is 17.5 Å². The van der Waals surface area contributed by atoms with E-state index >= 15 is 0 Å².